The van der Waals surface area contributed by atoms with E-state index in [2.05, 4.69) is 133 Å². The lowest BCUT2D eigenvalue weighted by Gasteiger charge is -2.09. The van der Waals surface area contributed by atoms with Gasteiger partial charge in [-0.05, 0) is 92.3 Å². The van der Waals surface area contributed by atoms with Crippen LogP contribution in [0.1, 0.15) is 0 Å². The quantitative estimate of drug-likeness (QED) is 0.188. The Balaban J connectivity index is 1.09. The summed E-state index contributed by atoms with van der Waals surface area (Å²) in [4.78, 5) is 10.5. The molecule has 0 aliphatic heterocycles. The Kier molecular flexibility index (Phi) is 6.22. The molecule has 0 radical (unpaired) electrons. The van der Waals surface area contributed by atoms with Gasteiger partial charge in [0.15, 0.2) is 11.4 Å². The van der Waals surface area contributed by atoms with E-state index in [1.807, 2.05) is 36.4 Å². The monoisotopic (exact) mass is 664 g/mol. The largest absolute Gasteiger partial charge is 0.456 e. The molecule has 0 atom stereocenters. The molecule has 0 unspecified atom stereocenters. The fourth-order valence-corrected chi connectivity index (χ4v) is 7.67. The van der Waals surface area contributed by atoms with Crippen LogP contribution in [0, 0.1) is 0 Å². The standard InChI is InChI=1S/C48H28N2O2/c1-2-9-29(10-3-1)32-19-20-35-27-37(22-21-33(35)26-32)45-47-46(39-13-6-7-15-41(39)52-47)50-48(49-45)40-14-8-16-42-44(40)38-24-23-36(28-43(38)51-42)34-18-17-30-11-4-5-12-31(30)25-34/h1-28H. The number of nitrogens with zero attached hydrogens (tertiary/aromatic N) is 2. The average molecular weight is 665 g/mol. The fraction of sp³-hybridized carbons (Fsp3) is 0. The summed E-state index contributed by atoms with van der Waals surface area (Å²) >= 11 is 0. The summed E-state index contributed by atoms with van der Waals surface area (Å²) < 4.78 is 13.0. The van der Waals surface area contributed by atoms with Crippen molar-refractivity contribution in [1.82, 2.24) is 9.97 Å². The number of hydrogen-bond donors (Lipinski definition) is 0. The molecule has 0 saturated carbocycles. The average Bonchev–Trinajstić information content (AvgIpc) is 3.78. The highest BCUT2D eigenvalue weighted by Crippen LogP contribution is 2.41. The molecule has 0 aliphatic rings. The third-order valence-corrected chi connectivity index (χ3v) is 10.3. The smallest absolute Gasteiger partial charge is 0.180 e. The summed E-state index contributed by atoms with van der Waals surface area (Å²) in [6, 6.07) is 59.3. The molecule has 3 aromatic heterocycles. The number of rotatable bonds is 4. The van der Waals surface area contributed by atoms with Gasteiger partial charge < -0.3 is 8.83 Å². The lowest BCUT2D eigenvalue weighted by molar-refractivity contribution is 0.667. The molecule has 0 spiro atoms. The molecular weight excluding hydrogens is 637 g/mol. The van der Waals surface area contributed by atoms with E-state index in [-0.39, 0.29) is 0 Å². The second kappa shape index (κ2) is 11.2. The van der Waals surface area contributed by atoms with Crippen LogP contribution in [-0.2, 0) is 0 Å². The zero-order chi connectivity index (χ0) is 34.2. The lowest BCUT2D eigenvalue weighted by Crippen LogP contribution is -1.94. The van der Waals surface area contributed by atoms with E-state index in [0.29, 0.717) is 11.4 Å². The van der Waals surface area contributed by atoms with Crippen molar-refractivity contribution in [3.05, 3.63) is 170 Å². The van der Waals surface area contributed by atoms with E-state index in [1.54, 1.807) is 0 Å². The molecule has 0 fully saturated rings. The second-order valence-corrected chi connectivity index (χ2v) is 13.4. The van der Waals surface area contributed by atoms with Crippen molar-refractivity contribution in [2.24, 2.45) is 0 Å². The number of benzene rings is 8. The van der Waals surface area contributed by atoms with Gasteiger partial charge in [0.1, 0.15) is 28.0 Å². The molecule has 0 amide bonds. The highest BCUT2D eigenvalue weighted by molar-refractivity contribution is 6.14. The Labute approximate surface area is 298 Å². The van der Waals surface area contributed by atoms with Crippen LogP contribution >= 0.6 is 0 Å². The van der Waals surface area contributed by atoms with Crippen molar-refractivity contribution >= 4 is 65.6 Å². The third-order valence-electron chi connectivity index (χ3n) is 10.3. The van der Waals surface area contributed by atoms with E-state index >= 15 is 0 Å². The highest BCUT2D eigenvalue weighted by atomic mass is 16.3. The SMILES string of the molecule is c1ccc(-c2ccc3cc(-c4nc(-c5cccc6oc7cc(-c8ccc9ccccc9c8)ccc7c56)nc5c4oc4ccccc45)ccc3c2)cc1. The molecule has 8 aromatic carbocycles. The van der Waals surface area contributed by atoms with Gasteiger partial charge in [-0.25, -0.2) is 9.97 Å². The first kappa shape index (κ1) is 28.8. The Bertz CT molecular complexity index is 3190. The van der Waals surface area contributed by atoms with E-state index in [1.165, 1.54) is 21.9 Å². The van der Waals surface area contributed by atoms with Gasteiger partial charge >= 0.3 is 0 Å². The normalized spacial score (nSPS) is 11.8. The predicted octanol–water partition coefficient (Wildman–Crippen LogP) is 13.2. The molecule has 11 aromatic rings. The van der Waals surface area contributed by atoms with E-state index in [9.17, 15) is 0 Å². The molecule has 0 saturated heterocycles. The zero-order valence-corrected chi connectivity index (χ0v) is 27.9. The van der Waals surface area contributed by atoms with Crippen LogP contribution in [0.3, 0.4) is 0 Å². The molecule has 0 aliphatic carbocycles. The lowest BCUT2D eigenvalue weighted by atomic mass is 9.98. The predicted molar refractivity (Wildman–Crippen MR) is 213 cm³/mol. The second-order valence-electron chi connectivity index (χ2n) is 13.4. The van der Waals surface area contributed by atoms with Crippen molar-refractivity contribution < 1.29 is 8.83 Å². The van der Waals surface area contributed by atoms with Crippen LogP contribution < -0.4 is 0 Å². The van der Waals surface area contributed by atoms with Crippen molar-refractivity contribution in [3.8, 4) is 44.9 Å². The minimum absolute atomic E-state index is 0.625. The Hall–Kier alpha value is -7.04. The first-order valence-electron chi connectivity index (χ1n) is 17.5. The zero-order valence-electron chi connectivity index (χ0n) is 27.9. The van der Waals surface area contributed by atoms with Gasteiger partial charge in [0.25, 0.3) is 0 Å². The summed E-state index contributed by atoms with van der Waals surface area (Å²) in [5.74, 6) is 0.625. The van der Waals surface area contributed by atoms with Gasteiger partial charge in [0.05, 0.1) is 0 Å². The Morgan fingerprint density at radius 1 is 0.365 bits per heavy atom. The number of furan rings is 2. The first-order chi connectivity index (χ1) is 25.7. The van der Waals surface area contributed by atoms with Crippen LogP contribution in [0.2, 0.25) is 0 Å². The van der Waals surface area contributed by atoms with Gasteiger partial charge in [-0.3, -0.25) is 0 Å². The molecular formula is C48H28N2O2. The van der Waals surface area contributed by atoms with Crippen molar-refractivity contribution in [2.75, 3.05) is 0 Å². The van der Waals surface area contributed by atoms with Crippen molar-refractivity contribution in [1.29, 1.82) is 0 Å². The number of para-hydroxylation sites is 1. The van der Waals surface area contributed by atoms with Crippen molar-refractivity contribution in [3.63, 3.8) is 0 Å². The molecule has 3 heterocycles. The highest BCUT2D eigenvalue weighted by Gasteiger charge is 2.21. The van der Waals surface area contributed by atoms with E-state index in [0.717, 1.165) is 77.1 Å². The number of aromatic nitrogens is 2. The van der Waals surface area contributed by atoms with Crippen LogP contribution in [0.4, 0.5) is 0 Å². The van der Waals surface area contributed by atoms with Gasteiger partial charge in [-0.2, -0.15) is 0 Å². The molecule has 4 nitrogen and oxygen atoms in total. The number of fused-ring (bicyclic) bond motifs is 8. The molecule has 0 N–H and O–H groups in total. The van der Waals surface area contributed by atoms with Crippen LogP contribution in [-0.4, -0.2) is 9.97 Å². The minimum atomic E-state index is 0.625. The van der Waals surface area contributed by atoms with Crippen LogP contribution in [0.25, 0.3) is 110 Å². The van der Waals surface area contributed by atoms with E-state index < -0.39 is 0 Å². The van der Waals surface area contributed by atoms with Gasteiger partial charge in [-0.15, -0.1) is 0 Å². The molecule has 4 heteroatoms. The van der Waals surface area contributed by atoms with Crippen molar-refractivity contribution in [2.45, 2.75) is 0 Å². The first-order valence-corrected chi connectivity index (χ1v) is 17.5. The van der Waals surface area contributed by atoms with E-state index in [4.69, 9.17) is 18.8 Å². The summed E-state index contributed by atoms with van der Waals surface area (Å²) in [5, 5.41) is 7.71. The summed E-state index contributed by atoms with van der Waals surface area (Å²) in [6.45, 7) is 0. The molecule has 11 rings (SSSR count). The maximum absolute atomic E-state index is 6.54. The maximum atomic E-state index is 6.54. The van der Waals surface area contributed by atoms with Gasteiger partial charge in [0, 0.05) is 27.3 Å². The Morgan fingerprint density at radius 3 is 1.87 bits per heavy atom. The fourth-order valence-electron chi connectivity index (χ4n) is 7.67. The molecule has 0 bridgehead atoms. The topological polar surface area (TPSA) is 52.1 Å². The Morgan fingerprint density at radius 2 is 1.00 bits per heavy atom. The molecule has 242 valence electrons. The molecule has 52 heavy (non-hydrogen) atoms. The maximum Gasteiger partial charge on any atom is 0.180 e. The van der Waals surface area contributed by atoms with Crippen LogP contribution in [0.5, 0.6) is 0 Å². The van der Waals surface area contributed by atoms with Gasteiger partial charge in [0.2, 0.25) is 0 Å². The summed E-state index contributed by atoms with van der Waals surface area (Å²) in [6.07, 6.45) is 0. The summed E-state index contributed by atoms with van der Waals surface area (Å²) in [7, 11) is 0. The van der Waals surface area contributed by atoms with Crippen LogP contribution in [0.15, 0.2) is 179 Å². The third kappa shape index (κ3) is 4.55. The minimum Gasteiger partial charge on any atom is -0.456 e. The summed E-state index contributed by atoms with van der Waals surface area (Å²) in [5.41, 5.74) is 11.2. The number of hydrogen-bond acceptors (Lipinski definition) is 4. The van der Waals surface area contributed by atoms with Gasteiger partial charge in [-0.1, -0.05) is 121 Å².